The largest absolute Gasteiger partial charge is 0.416 e. The maximum Gasteiger partial charge on any atom is 0.277 e. The van der Waals surface area contributed by atoms with Crippen LogP contribution in [0.3, 0.4) is 0 Å². The summed E-state index contributed by atoms with van der Waals surface area (Å²) >= 11 is 1.23. The average molecular weight is 395 g/mol. The fourth-order valence-electron chi connectivity index (χ4n) is 2.99. The summed E-state index contributed by atoms with van der Waals surface area (Å²) in [6.07, 6.45) is 2.04. The maximum absolute atomic E-state index is 12.5. The van der Waals surface area contributed by atoms with E-state index in [1.807, 2.05) is 31.2 Å². The van der Waals surface area contributed by atoms with E-state index in [1.54, 1.807) is 0 Å². The van der Waals surface area contributed by atoms with Crippen LogP contribution >= 0.6 is 11.8 Å². The lowest BCUT2D eigenvalue weighted by Crippen LogP contribution is -2.13. The third kappa shape index (κ3) is 4.73. The Morgan fingerprint density at radius 3 is 2.65 bits per heavy atom. The second-order valence-corrected chi connectivity index (χ2v) is 10.1. The molecule has 26 heavy (non-hydrogen) atoms. The monoisotopic (exact) mass is 394 g/mol. The zero-order valence-corrected chi connectivity index (χ0v) is 16.5. The SMILES string of the molecule is CCc1ccc(C(=O)[C@@H](C)Sc2nnc(C[C@@H]3CCS(=O)(=O)C3)o2)cc1. The van der Waals surface area contributed by atoms with Crippen LogP contribution in [0.15, 0.2) is 33.9 Å². The molecule has 0 bridgehead atoms. The lowest BCUT2D eigenvalue weighted by atomic mass is 10.1. The van der Waals surface area contributed by atoms with E-state index in [-0.39, 0.29) is 28.5 Å². The number of Topliss-reactive ketones (excluding diaryl/α,β-unsaturated/α-hetero) is 1. The number of carbonyl (C=O) groups excluding carboxylic acids is 1. The molecule has 140 valence electrons. The van der Waals surface area contributed by atoms with Crippen LogP contribution in [0.1, 0.15) is 42.1 Å². The van der Waals surface area contributed by atoms with Crippen LogP contribution in [0.5, 0.6) is 0 Å². The van der Waals surface area contributed by atoms with Crippen molar-refractivity contribution in [3.63, 3.8) is 0 Å². The number of thioether (sulfide) groups is 1. The van der Waals surface area contributed by atoms with Crippen LogP contribution in [0, 0.1) is 5.92 Å². The van der Waals surface area contributed by atoms with Gasteiger partial charge < -0.3 is 4.42 Å². The molecular weight excluding hydrogens is 372 g/mol. The highest BCUT2D eigenvalue weighted by Crippen LogP contribution is 2.27. The van der Waals surface area contributed by atoms with Gasteiger partial charge in [0.1, 0.15) is 0 Å². The Hall–Kier alpha value is -1.67. The quantitative estimate of drug-likeness (QED) is 0.527. The van der Waals surface area contributed by atoms with Crippen LogP contribution in [0.4, 0.5) is 0 Å². The molecule has 3 rings (SSSR count). The first-order valence-electron chi connectivity index (χ1n) is 8.69. The second kappa shape index (κ2) is 7.92. The van der Waals surface area contributed by atoms with Crippen LogP contribution in [-0.4, -0.2) is 41.2 Å². The molecule has 8 heteroatoms. The molecular formula is C18H22N2O4S2. The van der Waals surface area contributed by atoms with Gasteiger partial charge >= 0.3 is 0 Å². The topological polar surface area (TPSA) is 90.1 Å². The van der Waals surface area contributed by atoms with Gasteiger partial charge in [-0.1, -0.05) is 43.0 Å². The van der Waals surface area contributed by atoms with Crippen LogP contribution in [-0.2, 0) is 22.7 Å². The smallest absolute Gasteiger partial charge is 0.277 e. The van der Waals surface area contributed by atoms with E-state index in [0.717, 1.165) is 6.42 Å². The van der Waals surface area contributed by atoms with Crippen molar-refractivity contribution in [3.05, 3.63) is 41.3 Å². The minimum Gasteiger partial charge on any atom is -0.416 e. The van der Waals surface area contributed by atoms with E-state index in [4.69, 9.17) is 4.42 Å². The normalized spacial score (nSPS) is 20.2. The Bertz CT molecular complexity index is 875. The zero-order chi connectivity index (χ0) is 18.7. The number of benzene rings is 1. The van der Waals surface area contributed by atoms with Gasteiger partial charge in [-0.3, -0.25) is 4.79 Å². The number of hydrogen-bond donors (Lipinski definition) is 0. The Kier molecular flexibility index (Phi) is 5.82. The molecule has 1 aromatic heterocycles. The third-order valence-corrected chi connectivity index (χ3v) is 7.30. The summed E-state index contributed by atoms with van der Waals surface area (Å²) in [6, 6.07) is 7.62. The molecule has 0 N–H and O–H groups in total. The molecule has 0 aliphatic carbocycles. The molecule has 0 amide bonds. The minimum absolute atomic E-state index is 0.0132. The number of aryl methyl sites for hydroxylation is 1. The Morgan fingerprint density at radius 2 is 2.04 bits per heavy atom. The Balaban J connectivity index is 1.58. The number of ketones is 1. The van der Waals surface area contributed by atoms with Crippen molar-refractivity contribution in [2.45, 2.75) is 43.6 Å². The fourth-order valence-corrected chi connectivity index (χ4v) is 5.63. The molecule has 0 radical (unpaired) electrons. The van der Waals surface area contributed by atoms with Crippen molar-refractivity contribution in [2.75, 3.05) is 11.5 Å². The van der Waals surface area contributed by atoms with Crippen LogP contribution in [0.25, 0.3) is 0 Å². The number of rotatable bonds is 7. The van der Waals surface area contributed by atoms with Crippen molar-refractivity contribution in [3.8, 4) is 0 Å². The van der Waals surface area contributed by atoms with E-state index >= 15 is 0 Å². The first-order chi connectivity index (χ1) is 12.4. The molecule has 1 saturated heterocycles. The minimum atomic E-state index is -2.91. The highest BCUT2D eigenvalue weighted by atomic mass is 32.2. The number of aromatic nitrogens is 2. The fraction of sp³-hybridized carbons (Fsp3) is 0.500. The summed E-state index contributed by atoms with van der Waals surface area (Å²) in [5, 5.41) is 7.97. The first kappa shape index (κ1) is 19.1. The van der Waals surface area contributed by atoms with Gasteiger partial charge in [0.25, 0.3) is 5.22 Å². The Morgan fingerprint density at radius 1 is 1.31 bits per heavy atom. The molecule has 0 unspecified atom stereocenters. The summed E-state index contributed by atoms with van der Waals surface area (Å²) in [5.41, 5.74) is 1.86. The van der Waals surface area contributed by atoms with Gasteiger partial charge in [0, 0.05) is 12.0 Å². The van der Waals surface area contributed by atoms with Gasteiger partial charge in [-0.25, -0.2) is 8.42 Å². The predicted octanol–water partition coefficient (Wildman–Crippen LogP) is 2.97. The highest BCUT2D eigenvalue weighted by molar-refractivity contribution is 8.00. The molecule has 1 aromatic carbocycles. The van der Waals surface area contributed by atoms with E-state index in [9.17, 15) is 13.2 Å². The molecule has 2 atom stereocenters. The van der Waals surface area contributed by atoms with Gasteiger partial charge in [-0.15, -0.1) is 10.2 Å². The van der Waals surface area contributed by atoms with E-state index in [1.165, 1.54) is 17.3 Å². The van der Waals surface area contributed by atoms with E-state index < -0.39 is 9.84 Å². The van der Waals surface area contributed by atoms with Crippen molar-refractivity contribution in [2.24, 2.45) is 5.92 Å². The van der Waals surface area contributed by atoms with Gasteiger partial charge in [0.05, 0.1) is 16.8 Å². The maximum atomic E-state index is 12.5. The highest BCUT2D eigenvalue weighted by Gasteiger charge is 2.29. The lowest BCUT2D eigenvalue weighted by molar-refractivity contribution is 0.0993. The van der Waals surface area contributed by atoms with Crippen LogP contribution in [0.2, 0.25) is 0 Å². The second-order valence-electron chi connectivity index (χ2n) is 6.61. The van der Waals surface area contributed by atoms with Crippen molar-refractivity contribution < 1.29 is 17.6 Å². The van der Waals surface area contributed by atoms with E-state index in [0.29, 0.717) is 29.5 Å². The van der Waals surface area contributed by atoms with Gasteiger partial charge in [0.15, 0.2) is 15.6 Å². The molecule has 2 heterocycles. The van der Waals surface area contributed by atoms with Gasteiger partial charge in [-0.2, -0.15) is 0 Å². The summed E-state index contributed by atoms with van der Waals surface area (Å²) in [7, 11) is -2.91. The molecule has 0 saturated carbocycles. The molecule has 1 aliphatic heterocycles. The van der Waals surface area contributed by atoms with Crippen molar-refractivity contribution >= 4 is 27.4 Å². The molecule has 1 fully saturated rings. The van der Waals surface area contributed by atoms with Crippen LogP contribution < -0.4 is 0 Å². The van der Waals surface area contributed by atoms with Gasteiger partial charge in [-0.05, 0) is 31.2 Å². The molecule has 2 aromatic rings. The predicted molar refractivity (Wildman–Crippen MR) is 100 cm³/mol. The molecule has 1 aliphatic rings. The molecule has 0 spiro atoms. The van der Waals surface area contributed by atoms with Crippen molar-refractivity contribution in [1.82, 2.24) is 10.2 Å². The number of sulfone groups is 1. The summed E-state index contributed by atoms with van der Waals surface area (Å²) in [5.74, 6) is 0.895. The number of nitrogens with zero attached hydrogens (tertiary/aromatic N) is 2. The summed E-state index contributed by atoms with van der Waals surface area (Å²) < 4.78 is 28.6. The number of carbonyl (C=O) groups is 1. The number of hydrogen-bond acceptors (Lipinski definition) is 7. The lowest BCUT2D eigenvalue weighted by Gasteiger charge is -2.08. The zero-order valence-electron chi connectivity index (χ0n) is 14.8. The molecule has 6 nitrogen and oxygen atoms in total. The van der Waals surface area contributed by atoms with Gasteiger partial charge in [0.2, 0.25) is 5.89 Å². The van der Waals surface area contributed by atoms with Crippen molar-refractivity contribution in [1.29, 1.82) is 0 Å². The Labute approximate surface area is 157 Å². The van der Waals surface area contributed by atoms with E-state index in [2.05, 4.69) is 17.1 Å². The summed E-state index contributed by atoms with van der Waals surface area (Å²) in [6.45, 7) is 3.89. The third-order valence-electron chi connectivity index (χ3n) is 4.53. The summed E-state index contributed by atoms with van der Waals surface area (Å²) in [4.78, 5) is 12.5. The standard InChI is InChI=1S/C18H22N2O4S2/c1-3-13-4-6-15(7-5-13)17(21)12(2)25-18-20-19-16(24-18)10-14-8-9-26(22,23)11-14/h4-7,12,14H,3,8-11H2,1-2H3/t12-,14+/m1/s1. The first-order valence-corrected chi connectivity index (χ1v) is 11.4. The average Bonchev–Trinajstić information content (AvgIpc) is 3.20.